The molecule has 0 saturated carbocycles. The molecule has 3 aromatic heterocycles. The second kappa shape index (κ2) is 6.06. The number of furan rings is 1. The van der Waals surface area contributed by atoms with Crippen LogP contribution in [0, 0.1) is 13.7 Å². The van der Waals surface area contributed by atoms with Crippen molar-refractivity contribution in [3.05, 3.63) is 84.1 Å². The Labute approximate surface area is 168 Å². The molecule has 27 heavy (non-hydrogen) atoms. The van der Waals surface area contributed by atoms with Gasteiger partial charge in [0, 0.05) is 36.4 Å². The number of para-hydroxylation sites is 1. The quantitative estimate of drug-likeness (QED) is 0.370. The van der Waals surface area contributed by atoms with Crippen LogP contribution in [0.15, 0.2) is 77.3 Å². The number of aryl methyl sites for hydroxylation is 1. The third-order valence-corrected chi connectivity index (χ3v) is 4.45. The third-order valence-electron chi connectivity index (χ3n) is 4.45. The summed E-state index contributed by atoms with van der Waals surface area (Å²) in [7, 11) is 0. The fraction of sp³-hybridized carbons (Fsp3) is 0.0833. The van der Waals surface area contributed by atoms with E-state index in [0.29, 0.717) is 27.5 Å². The van der Waals surface area contributed by atoms with Crippen LogP contribution in [0.5, 0.6) is 0 Å². The van der Waals surface area contributed by atoms with Crippen molar-refractivity contribution in [3.63, 3.8) is 0 Å². The molecule has 0 amide bonds. The van der Waals surface area contributed by atoms with E-state index in [4.69, 9.17) is 15.4 Å². The van der Waals surface area contributed by atoms with Crippen LogP contribution < -0.4 is 0 Å². The summed E-state index contributed by atoms with van der Waals surface area (Å²) >= 11 is 0. The van der Waals surface area contributed by atoms with Crippen LogP contribution in [-0.4, -0.2) is 9.97 Å². The van der Waals surface area contributed by atoms with E-state index in [1.807, 2.05) is 0 Å². The van der Waals surface area contributed by atoms with Crippen molar-refractivity contribution in [2.24, 2.45) is 0 Å². The van der Waals surface area contributed by atoms with Gasteiger partial charge in [-0.1, -0.05) is 42.5 Å². The normalized spacial score (nSPS) is 16.6. The second-order valence-corrected chi connectivity index (χ2v) is 6.15. The van der Waals surface area contributed by atoms with Gasteiger partial charge in [-0.05, 0) is 54.6 Å². The van der Waals surface area contributed by atoms with Crippen LogP contribution in [0.3, 0.4) is 0 Å². The maximum atomic E-state index is 8.94. The molecule has 0 N–H and O–H groups in total. The number of pyridine rings is 2. The van der Waals surface area contributed by atoms with E-state index in [1.165, 1.54) is 6.07 Å². The van der Waals surface area contributed by atoms with Crippen molar-refractivity contribution >= 4 is 22.1 Å². The molecule has 0 bridgehead atoms. The van der Waals surface area contributed by atoms with Crippen LogP contribution in [0.25, 0.3) is 44.5 Å². The minimum Gasteiger partial charge on any atom is -0.437 e. The summed E-state index contributed by atoms with van der Waals surface area (Å²) in [6, 6.07) is 16.7. The number of nitrogens with zero attached hydrogens (tertiary/aromatic N) is 2. The Kier molecular flexibility index (Phi) is 2.13. The monoisotopic (exact) mass is 358 g/mol. The summed E-state index contributed by atoms with van der Waals surface area (Å²) in [6.45, 7) is -5.05. The Morgan fingerprint density at radius 3 is 2.67 bits per heavy atom. The van der Waals surface area contributed by atoms with E-state index in [1.54, 1.807) is 54.6 Å². The number of fused-ring (bicyclic) bond motifs is 3. The van der Waals surface area contributed by atoms with Gasteiger partial charge in [-0.3, -0.25) is 4.98 Å². The molecule has 0 fully saturated rings. The highest BCUT2D eigenvalue weighted by atomic mass is 16.3. The first-order valence-electron chi connectivity index (χ1n) is 12.4. The molecule has 5 aromatic rings. The Balaban J connectivity index is 1.83. The summed E-state index contributed by atoms with van der Waals surface area (Å²) in [4.78, 5) is 8.38. The van der Waals surface area contributed by atoms with Gasteiger partial charge in [-0.25, -0.2) is 4.98 Å². The van der Waals surface area contributed by atoms with Crippen molar-refractivity contribution in [2.45, 2.75) is 13.7 Å². The van der Waals surface area contributed by atoms with E-state index in [-0.39, 0.29) is 34.3 Å². The van der Waals surface area contributed by atoms with Gasteiger partial charge < -0.3 is 4.42 Å². The topological polar surface area (TPSA) is 38.9 Å². The Morgan fingerprint density at radius 2 is 1.81 bits per heavy atom. The summed E-state index contributed by atoms with van der Waals surface area (Å²) < 4.78 is 70.1. The average Bonchev–Trinajstić information content (AvgIpc) is 3.17. The lowest BCUT2D eigenvalue weighted by atomic mass is 9.99. The molecule has 3 nitrogen and oxygen atoms in total. The number of hydrogen-bond donors (Lipinski definition) is 0. The fourth-order valence-corrected chi connectivity index (χ4v) is 3.19. The van der Waals surface area contributed by atoms with Gasteiger partial charge in [0.05, 0.1) is 8.44 Å². The number of rotatable bonds is 2. The van der Waals surface area contributed by atoms with E-state index >= 15 is 0 Å². The maximum Gasteiger partial charge on any atom is 0.227 e. The van der Waals surface area contributed by atoms with Crippen molar-refractivity contribution in [3.8, 4) is 22.4 Å². The first kappa shape index (κ1) is 9.47. The molecule has 5 rings (SSSR count). The SMILES string of the molecule is [2H]c1nc(-c2cccc3c2oc2nc(C([2H])([2H])[2H])ccc23)c([2H])c(-c2ccccc2)c1C([2H])([2H])[2H]. The first-order valence-corrected chi connectivity index (χ1v) is 8.37. The molecule has 0 spiro atoms. The average molecular weight is 358 g/mol. The lowest BCUT2D eigenvalue weighted by Crippen LogP contribution is -1.90. The van der Waals surface area contributed by atoms with Gasteiger partial charge in [-0.15, -0.1) is 0 Å². The highest BCUT2D eigenvalue weighted by Gasteiger charge is 2.15. The minimum absolute atomic E-state index is 0.0857. The summed E-state index contributed by atoms with van der Waals surface area (Å²) in [5.41, 5.74) is 1.11. The van der Waals surface area contributed by atoms with Crippen molar-refractivity contribution < 1.29 is 15.4 Å². The molecule has 0 aliphatic carbocycles. The molecule has 0 unspecified atom stereocenters. The third kappa shape index (κ3) is 2.59. The number of benzene rings is 2. The largest absolute Gasteiger partial charge is 0.437 e. The Hall–Kier alpha value is -3.46. The molecule has 3 heteroatoms. The minimum atomic E-state index is -2.65. The Bertz CT molecular complexity index is 1590. The molecule has 0 radical (unpaired) electrons. The lowest BCUT2D eigenvalue weighted by molar-refractivity contribution is 0.653. The van der Waals surface area contributed by atoms with Crippen molar-refractivity contribution in [1.82, 2.24) is 9.97 Å². The standard InChI is InChI=1S/C24H18N2O/c1-15-14-25-22(13-21(15)17-7-4-3-5-8-17)20-10-6-9-18-19-12-11-16(2)26-24(19)27-23(18)20/h3-14H,1-2H3/i1D3,2D3,13D,14D. The fourth-order valence-electron chi connectivity index (χ4n) is 3.19. The van der Waals surface area contributed by atoms with Gasteiger partial charge in [0.25, 0.3) is 0 Å². The van der Waals surface area contributed by atoms with E-state index in [9.17, 15) is 0 Å². The molecular formula is C24H18N2O. The van der Waals surface area contributed by atoms with Crippen LogP contribution in [0.2, 0.25) is 0 Å². The maximum absolute atomic E-state index is 8.94. The molecule has 0 atom stereocenters. The van der Waals surface area contributed by atoms with Gasteiger partial charge in [-0.2, -0.15) is 0 Å². The first-order chi connectivity index (χ1) is 16.5. The zero-order valence-corrected chi connectivity index (χ0v) is 14.1. The van der Waals surface area contributed by atoms with E-state index in [2.05, 4.69) is 9.97 Å². The molecule has 0 aliphatic heterocycles. The highest BCUT2D eigenvalue weighted by Crippen LogP contribution is 2.36. The predicted molar refractivity (Wildman–Crippen MR) is 110 cm³/mol. The number of hydrogen-bond acceptors (Lipinski definition) is 3. The summed E-state index contributed by atoms with van der Waals surface area (Å²) in [5, 5.41) is 1.23. The zero-order valence-electron chi connectivity index (χ0n) is 22.1. The van der Waals surface area contributed by atoms with Crippen LogP contribution in [0.4, 0.5) is 0 Å². The van der Waals surface area contributed by atoms with Gasteiger partial charge in [0.2, 0.25) is 5.71 Å². The van der Waals surface area contributed by atoms with Crippen LogP contribution in [0.1, 0.15) is 22.2 Å². The summed E-state index contributed by atoms with van der Waals surface area (Å²) in [5.74, 6) is 0. The molecule has 2 aromatic carbocycles. The van der Waals surface area contributed by atoms with Crippen LogP contribution >= 0.6 is 0 Å². The zero-order chi connectivity index (χ0) is 25.1. The lowest BCUT2D eigenvalue weighted by Gasteiger charge is -2.09. The van der Waals surface area contributed by atoms with Crippen LogP contribution in [-0.2, 0) is 0 Å². The smallest absolute Gasteiger partial charge is 0.227 e. The Morgan fingerprint density at radius 1 is 0.889 bits per heavy atom. The van der Waals surface area contributed by atoms with E-state index < -0.39 is 19.9 Å². The van der Waals surface area contributed by atoms with E-state index in [0.717, 1.165) is 0 Å². The van der Waals surface area contributed by atoms with Gasteiger partial charge in [0.15, 0.2) is 0 Å². The molecule has 0 aliphatic rings. The van der Waals surface area contributed by atoms with Crippen molar-refractivity contribution in [1.29, 1.82) is 0 Å². The van der Waals surface area contributed by atoms with Gasteiger partial charge in [0.1, 0.15) is 5.58 Å². The molecule has 0 saturated heterocycles. The van der Waals surface area contributed by atoms with Crippen molar-refractivity contribution in [2.75, 3.05) is 0 Å². The second-order valence-electron chi connectivity index (χ2n) is 6.15. The molecule has 3 heterocycles. The highest BCUT2D eigenvalue weighted by molar-refractivity contribution is 6.08. The van der Waals surface area contributed by atoms with Gasteiger partial charge >= 0.3 is 0 Å². The molecule has 130 valence electrons. The summed E-state index contributed by atoms with van der Waals surface area (Å²) in [6.07, 6.45) is -0.453. The molecular weight excluding hydrogens is 332 g/mol. The number of aromatic nitrogens is 2. The predicted octanol–water partition coefficient (Wildman–Crippen LogP) is 6.33.